The fourth-order valence-corrected chi connectivity index (χ4v) is 4.25. The number of allylic oxidation sites excluding steroid dienone is 1. The number of alkyl halides is 2. The van der Waals surface area contributed by atoms with Crippen molar-refractivity contribution < 1.29 is 8.78 Å². The molecule has 29 heavy (non-hydrogen) atoms. The predicted octanol–water partition coefficient (Wildman–Crippen LogP) is 5.25. The quantitative estimate of drug-likeness (QED) is 0.659. The number of benzene rings is 1. The molecule has 4 nitrogen and oxygen atoms in total. The van der Waals surface area contributed by atoms with E-state index in [2.05, 4.69) is 44.5 Å². The molecule has 0 unspecified atom stereocenters. The van der Waals surface area contributed by atoms with E-state index in [9.17, 15) is 8.78 Å². The molecule has 0 radical (unpaired) electrons. The van der Waals surface area contributed by atoms with E-state index >= 15 is 0 Å². The molecule has 0 spiro atoms. The van der Waals surface area contributed by atoms with Crippen LogP contribution in [0.15, 0.2) is 48.8 Å². The molecule has 0 atom stereocenters. The molecule has 1 saturated carbocycles. The second kappa shape index (κ2) is 7.17. The highest BCUT2D eigenvalue weighted by atomic mass is 19.3. The fraction of sp³-hybridized carbons (Fsp3) is 0.348. The Morgan fingerprint density at radius 2 is 1.97 bits per heavy atom. The van der Waals surface area contributed by atoms with Crippen molar-refractivity contribution in [2.45, 2.75) is 38.0 Å². The normalized spacial score (nSPS) is 18.5. The Morgan fingerprint density at radius 1 is 1.10 bits per heavy atom. The van der Waals surface area contributed by atoms with Crippen molar-refractivity contribution in [3.63, 3.8) is 0 Å². The van der Waals surface area contributed by atoms with Crippen LogP contribution < -0.4 is 5.32 Å². The van der Waals surface area contributed by atoms with E-state index in [1.54, 1.807) is 6.20 Å². The Labute approximate surface area is 168 Å². The summed E-state index contributed by atoms with van der Waals surface area (Å²) in [6.07, 6.45) is 7.69. The highest BCUT2D eigenvalue weighted by Crippen LogP contribution is 2.36. The van der Waals surface area contributed by atoms with Gasteiger partial charge >= 0.3 is 0 Å². The summed E-state index contributed by atoms with van der Waals surface area (Å²) < 4.78 is 26.6. The first kappa shape index (κ1) is 18.2. The maximum atomic E-state index is 13.3. The van der Waals surface area contributed by atoms with Gasteiger partial charge in [-0.15, -0.1) is 0 Å². The predicted molar refractivity (Wildman–Crippen MR) is 110 cm³/mol. The lowest BCUT2D eigenvalue weighted by Crippen LogP contribution is -2.28. The van der Waals surface area contributed by atoms with Crippen LogP contribution in [-0.2, 0) is 6.42 Å². The molecule has 3 aromatic rings. The van der Waals surface area contributed by atoms with Crippen molar-refractivity contribution in [3.8, 4) is 0 Å². The minimum Gasteiger partial charge on any atom is -0.354 e. The van der Waals surface area contributed by atoms with E-state index in [-0.39, 0.29) is 18.8 Å². The molecule has 0 saturated heterocycles. The van der Waals surface area contributed by atoms with Crippen LogP contribution in [0.1, 0.15) is 42.5 Å². The minimum absolute atomic E-state index is 0.0149. The lowest BCUT2D eigenvalue weighted by molar-refractivity contribution is -0.0443. The topological polar surface area (TPSA) is 50.7 Å². The smallest absolute Gasteiger partial charge is 0.248 e. The molecule has 148 valence electrons. The van der Waals surface area contributed by atoms with Gasteiger partial charge in [0.05, 0.1) is 11.2 Å². The zero-order valence-corrected chi connectivity index (χ0v) is 16.0. The molecule has 0 bridgehead atoms. The van der Waals surface area contributed by atoms with Crippen LogP contribution in [0.25, 0.3) is 16.5 Å². The van der Waals surface area contributed by atoms with Crippen LogP contribution >= 0.6 is 0 Å². The van der Waals surface area contributed by atoms with Gasteiger partial charge in [-0.2, -0.15) is 0 Å². The largest absolute Gasteiger partial charge is 0.354 e. The summed E-state index contributed by atoms with van der Waals surface area (Å²) in [5.41, 5.74) is 5.31. The summed E-state index contributed by atoms with van der Waals surface area (Å²) in [5.74, 6) is -1.65. The van der Waals surface area contributed by atoms with Gasteiger partial charge in [0.15, 0.2) is 0 Å². The van der Waals surface area contributed by atoms with Crippen molar-refractivity contribution in [1.82, 2.24) is 15.0 Å². The molecular weight excluding hydrogens is 370 g/mol. The van der Waals surface area contributed by atoms with E-state index < -0.39 is 5.92 Å². The molecule has 0 amide bonds. The van der Waals surface area contributed by atoms with Crippen LogP contribution in [0.2, 0.25) is 0 Å². The van der Waals surface area contributed by atoms with Crippen molar-refractivity contribution in [2.24, 2.45) is 5.92 Å². The molecule has 5 rings (SSSR count). The maximum absolute atomic E-state index is 13.3. The number of nitrogens with one attached hydrogen (secondary N) is 1. The highest BCUT2D eigenvalue weighted by molar-refractivity contribution is 5.89. The lowest BCUT2D eigenvalue weighted by atomic mass is 9.87. The van der Waals surface area contributed by atoms with Gasteiger partial charge in [0.2, 0.25) is 11.9 Å². The summed E-state index contributed by atoms with van der Waals surface area (Å²) in [6, 6.07) is 10.3. The second-order valence-corrected chi connectivity index (χ2v) is 7.97. The lowest BCUT2D eigenvalue weighted by Gasteiger charge is -2.28. The number of anilines is 1. The molecule has 2 aliphatic carbocycles. The van der Waals surface area contributed by atoms with Gasteiger partial charge in [0, 0.05) is 49.2 Å². The van der Waals surface area contributed by atoms with Gasteiger partial charge in [-0.3, -0.25) is 4.98 Å². The van der Waals surface area contributed by atoms with Crippen LogP contribution in [0, 0.1) is 5.92 Å². The molecule has 6 heteroatoms. The Morgan fingerprint density at radius 3 is 2.83 bits per heavy atom. The summed E-state index contributed by atoms with van der Waals surface area (Å²) in [4.78, 5) is 13.5. The Balaban J connectivity index is 1.29. The summed E-state index contributed by atoms with van der Waals surface area (Å²) in [7, 11) is 0. The number of nitrogens with zero attached hydrogens (tertiary/aromatic N) is 3. The molecule has 2 aromatic heterocycles. The first-order valence-electron chi connectivity index (χ1n) is 10.1. The van der Waals surface area contributed by atoms with Gasteiger partial charge < -0.3 is 5.32 Å². The number of pyridine rings is 1. The van der Waals surface area contributed by atoms with Gasteiger partial charge in [-0.05, 0) is 48.1 Å². The third-order valence-corrected chi connectivity index (χ3v) is 5.96. The Hall–Kier alpha value is -2.89. The molecule has 1 N–H and O–H groups in total. The van der Waals surface area contributed by atoms with Crippen LogP contribution in [0.5, 0.6) is 0 Å². The average Bonchev–Trinajstić information content (AvgIpc) is 3.16. The third kappa shape index (κ3) is 3.71. The van der Waals surface area contributed by atoms with Gasteiger partial charge in [-0.1, -0.05) is 18.2 Å². The van der Waals surface area contributed by atoms with Gasteiger partial charge in [-0.25, -0.2) is 18.7 Å². The zero-order chi connectivity index (χ0) is 19.8. The van der Waals surface area contributed by atoms with Gasteiger partial charge in [0.1, 0.15) is 0 Å². The highest BCUT2D eigenvalue weighted by Gasteiger charge is 2.34. The van der Waals surface area contributed by atoms with Crippen molar-refractivity contribution >= 4 is 22.4 Å². The molecule has 0 aliphatic heterocycles. The summed E-state index contributed by atoms with van der Waals surface area (Å²) in [5, 5.41) is 4.36. The van der Waals surface area contributed by atoms with E-state index in [4.69, 9.17) is 0 Å². The van der Waals surface area contributed by atoms with E-state index in [0.717, 1.165) is 39.7 Å². The van der Waals surface area contributed by atoms with E-state index in [0.29, 0.717) is 25.3 Å². The number of hydrogen-bond donors (Lipinski definition) is 1. The average molecular weight is 392 g/mol. The monoisotopic (exact) mass is 392 g/mol. The first-order valence-corrected chi connectivity index (χ1v) is 10.1. The van der Waals surface area contributed by atoms with E-state index in [1.165, 1.54) is 0 Å². The number of aromatic nitrogens is 3. The molecule has 1 aromatic carbocycles. The van der Waals surface area contributed by atoms with E-state index in [1.807, 2.05) is 18.3 Å². The summed E-state index contributed by atoms with van der Waals surface area (Å²) >= 11 is 0. The van der Waals surface area contributed by atoms with Crippen molar-refractivity contribution in [2.75, 3.05) is 11.9 Å². The fourth-order valence-electron chi connectivity index (χ4n) is 4.25. The number of halogens is 2. The molecule has 2 aliphatic rings. The van der Waals surface area contributed by atoms with Crippen molar-refractivity contribution in [1.29, 1.82) is 0 Å². The minimum atomic E-state index is -2.48. The Kier molecular flexibility index (Phi) is 4.49. The first-order chi connectivity index (χ1) is 14.1. The standard InChI is InChI=1S/C23H22F2N4/c24-23(25)9-7-15(8-10-23)13-27-22-28-14-19-18(4-6-21(19)29-22)16-3-5-20-17(12-16)2-1-11-26-20/h1-5,11-12,14-15H,6-10,13H2,(H,27,28,29). The third-order valence-electron chi connectivity index (χ3n) is 5.96. The van der Waals surface area contributed by atoms with Crippen molar-refractivity contribution in [3.05, 3.63) is 65.6 Å². The second-order valence-electron chi connectivity index (χ2n) is 7.97. The number of fused-ring (bicyclic) bond motifs is 2. The van der Waals surface area contributed by atoms with Crippen LogP contribution in [0.4, 0.5) is 14.7 Å². The SMILES string of the molecule is FC1(F)CCC(CNc2ncc3c(n2)CC=C3c2ccc3ncccc3c2)CC1. The number of rotatable bonds is 4. The van der Waals surface area contributed by atoms with Crippen LogP contribution in [0.3, 0.4) is 0 Å². The summed E-state index contributed by atoms with van der Waals surface area (Å²) in [6.45, 7) is 0.646. The maximum Gasteiger partial charge on any atom is 0.248 e. The molecule has 1 fully saturated rings. The molecular formula is C23H22F2N4. The Bertz CT molecular complexity index is 1080. The van der Waals surface area contributed by atoms with Crippen LogP contribution in [-0.4, -0.2) is 27.4 Å². The zero-order valence-electron chi connectivity index (χ0n) is 16.0. The molecule has 2 heterocycles. The number of hydrogen-bond acceptors (Lipinski definition) is 4. The van der Waals surface area contributed by atoms with Gasteiger partial charge in [0.25, 0.3) is 0 Å².